The summed E-state index contributed by atoms with van der Waals surface area (Å²) in [7, 11) is 1.38. The van der Waals surface area contributed by atoms with E-state index in [1.165, 1.54) is 7.11 Å². The summed E-state index contributed by atoms with van der Waals surface area (Å²) in [6.07, 6.45) is 2.22. The first kappa shape index (κ1) is 16.7. The van der Waals surface area contributed by atoms with Crippen LogP contribution in [0.25, 0.3) is 0 Å². The highest BCUT2D eigenvalue weighted by Gasteiger charge is 2.38. The Morgan fingerprint density at radius 1 is 1.30 bits per heavy atom. The molecule has 4 nitrogen and oxygen atoms in total. The molecule has 1 aromatic carbocycles. The Hall–Kier alpha value is -1.39. The van der Waals surface area contributed by atoms with Crippen molar-refractivity contribution in [3.8, 4) is 0 Å². The van der Waals surface area contributed by atoms with Gasteiger partial charge in [0.1, 0.15) is 0 Å². The van der Waals surface area contributed by atoms with Gasteiger partial charge in [-0.3, -0.25) is 0 Å². The molecule has 2 N–H and O–H groups in total. The number of unbranched alkanes of at least 4 members (excludes halogenated alkanes) is 1. The van der Waals surface area contributed by atoms with Gasteiger partial charge in [0, 0.05) is 6.54 Å². The highest BCUT2D eigenvalue weighted by atomic mass is 16.5. The Morgan fingerprint density at radius 2 is 1.95 bits per heavy atom. The third-order valence-corrected chi connectivity index (χ3v) is 3.59. The monoisotopic (exact) mass is 278 g/mol. The number of methoxy groups -OCH3 is 1. The first-order chi connectivity index (χ1) is 9.58. The van der Waals surface area contributed by atoms with Crippen LogP contribution in [0.3, 0.4) is 0 Å². The second-order valence-electron chi connectivity index (χ2n) is 5.05. The van der Waals surface area contributed by atoms with E-state index in [0.717, 1.165) is 31.5 Å². The molecule has 1 rings (SSSR count). The van der Waals surface area contributed by atoms with Crippen molar-refractivity contribution in [3.05, 3.63) is 35.9 Å². The Kier molecular flexibility index (Phi) is 6.68. The molecule has 20 heavy (non-hydrogen) atoms. The van der Waals surface area contributed by atoms with Crippen molar-refractivity contribution in [3.63, 3.8) is 0 Å². The summed E-state index contributed by atoms with van der Waals surface area (Å²) in [5.41, 5.74) is 6.09. The van der Waals surface area contributed by atoms with Gasteiger partial charge in [0.15, 0.2) is 5.54 Å². The molecule has 0 spiro atoms. The van der Waals surface area contributed by atoms with E-state index in [2.05, 4.69) is 18.7 Å². The minimum atomic E-state index is -1.11. The largest absolute Gasteiger partial charge is 0.467 e. The van der Waals surface area contributed by atoms with Crippen LogP contribution in [0.4, 0.5) is 0 Å². The lowest BCUT2D eigenvalue weighted by molar-refractivity contribution is -0.148. The number of nitrogens with two attached hydrogens (primary N) is 1. The van der Waals surface area contributed by atoms with E-state index in [-0.39, 0.29) is 0 Å². The lowest BCUT2D eigenvalue weighted by Crippen LogP contribution is -2.54. The molecule has 0 fully saturated rings. The number of esters is 1. The fourth-order valence-corrected chi connectivity index (χ4v) is 2.27. The van der Waals surface area contributed by atoms with Gasteiger partial charge in [0.05, 0.1) is 7.11 Å². The molecule has 112 valence electrons. The second-order valence-corrected chi connectivity index (χ2v) is 5.05. The van der Waals surface area contributed by atoms with Crippen molar-refractivity contribution < 1.29 is 9.53 Å². The van der Waals surface area contributed by atoms with E-state index >= 15 is 0 Å². The predicted molar refractivity (Wildman–Crippen MR) is 81.3 cm³/mol. The Bertz CT molecular complexity index is 408. The van der Waals surface area contributed by atoms with Gasteiger partial charge >= 0.3 is 5.97 Å². The second kappa shape index (κ2) is 8.02. The number of likely N-dealkylation sites (N-methyl/N-ethyl adjacent to an activating group) is 1. The van der Waals surface area contributed by atoms with E-state index in [9.17, 15) is 4.79 Å². The van der Waals surface area contributed by atoms with Gasteiger partial charge < -0.3 is 15.4 Å². The predicted octanol–water partition coefficient (Wildman–Crippen LogP) is 2.14. The summed E-state index contributed by atoms with van der Waals surface area (Å²) in [5.74, 6) is -0.390. The van der Waals surface area contributed by atoms with Crippen LogP contribution in [0.15, 0.2) is 30.3 Å². The molecule has 0 saturated carbocycles. The molecule has 1 aromatic rings. The highest BCUT2D eigenvalue weighted by Crippen LogP contribution is 2.21. The maximum atomic E-state index is 12.2. The zero-order chi connectivity index (χ0) is 15.0. The Labute approximate surface area is 121 Å². The van der Waals surface area contributed by atoms with Gasteiger partial charge in [-0.1, -0.05) is 50.6 Å². The fourth-order valence-electron chi connectivity index (χ4n) is 2.27. The molecule has 0 aliphatic rings. The molecule has 0 aromatic heterocycles. The molecule has 0 radical (unpaired) electrons. The maximum Gasteiger partial charge on any atom is 0.331 e. The van der Waals surface area contributed by atoms with E-state index in [0.29, 0.717) is 6.54 Å². The van der Waals surface area contributed by atoms with Crippen molar-refractivity contribution in [2.24, 2.45) is 5.73 Å². The first-order valence-corrected chi connectivity index (χ1v) is 7.23. The van der Waals surface area contributed by atoms with Crippen LogP contribution < -0.4 is 5.73 Å². The van der Waals surface area contributed by atoms with Gasteiger partial charge in [-0.25, -0.2) is 4.79 Å². The van der Waals surface area contributed by atoms with E-state index < -0.39 is 11.5 Å². The first-order valence-electron chi connectivity index (χ1n) is 7.23. The number of hydrogen-bond donors (Lipinski definition) is 1. The number of nitrogens with zero attached hydrogens (tertiary/aromatic N) is 1. The molecule has 0 aliphatic heterocycles. The van der Waals surface area contributed by atoms with Crippen LogP contribution in [-0.4, -0.2) is 37.6 Å². The molecule has 0 saturated heterocycles. The molecule has 0 bridgehead atoms. The van der Waals surface area contributed by atoms with Crippen molar-refractivity contribution >= 4 is 5.97 Å². The van der Waals surface area contributed by atoms with E-state index in [4.69, 9.17) is 10.5 Å². The van der Waals surface area contributed by atoms with Gasteiger partial charge in [0.25, 0.3) is 0 Å². The zero-order valence-electron chi connectivity index (χ0n) is 12.8. The van der Waals surface area contributed by atoms with Gasteiger partial charge in [-0.05, 0) is 25.1 Å². The Balaban J connectivity index is 2.97. The summed E-state index contributed by atoms with van der Waals surface area (Å²) < 4.78 is 4.93. The van der Waals surface area contributed by atoms with Crippen molar-refractivity contribution in [2.45, 2.75) is 32.2 Å². The van der Waals surface area contributed by atoms with Crippen LogP contribution in [0.1, 0.15) is 32.3 Å². The topological polar surface area (TPSA) is 55.6 Å². The normalized spacial score (nSPS) is 14.1. The number of carbonyl (C=O) groups is 1. The highest BCUT2D eigenvalue weighted by molar-refractivity contribution is 5.82. The molecule has 0 amide bonds. The van der Waals surface area contributed by atoms with Crippen molar-refractivity contribution in [1.82, 2.24) is 4.90 Å². The smallest absolute Gasteiger partial charge is 0.331 e. The summed E-state index contributed by atoms with van der Waals surface area (Å²) in [5, 5.41) is 0. The van der Waals surface area contributed by atoms with Crippen LogP contribution in [0.2, 0.25) is 0 Å². The quantitative estimate of drug-likeness (QED) is 0.740. The van der Waals surface area contributed by atoms with E-state index in [1.54, 1.807) is 0 Å². The summed E-state index contributed by atoms with van der Waals surface area (Å²) in [6.45, 7) is 6.51. The van der Waals surface area contributed by atoms with Crippen LogP contribution in [0.5, 0.6) is 0 Å². The summed E-state index contributed by atoms with van der Waals surface area (Å²) in [4.78, 5) is 14.4. The number of carbonyl (C=O) groups excluding carboxylic acids is 1. The third kappa shape index (κ3) is 4.05. The van der Waals surface area contributed by atoms with Crippen LogP contribution >= 0.6 is 0 Å². The van der Waals surface area contributed by atoms with Crippen molar-refractivity contribution in [1.29, 1.82) is 0 Å². The molecule has 0 heterocycles. The van der Waals surface area contributed by atoms with E-state index in [1.807, 2.05) is 30.3 Å². The molecule has 4 heteroatoms. The van der Waals surface area contributed by atoms with Gasteiger partial charge in [0.2, 0.25) is 0 Å². The fraction of sp³-hybridized carbons (Fsp3) is 0.562. The SMILES string of the molecule is CCCCN(CC)CC(N)(C(=O)OC)c1ccccc1. The van der Waals surface area contributed by atoms with Crippen LogP contribution in [-0.2, 0) is 15.1 Å². The molecule has 1 atom stereocenters. The molecule has 1 unspecified atom stereocenters. The number of benzene rings is 1. The Morgan fingerprint density at radius 3 is 2.45 bits per heavy atom. The summed E-state index contributed by atoms with van der Waals surface area (Å²) in [6, 6.07) is 9.45. The molecular weight excluding hydrogens is 252 g/mol. The number of hydrogen-bond acceptors (Lipinski definition) is 4. The van der Waals surface area contributed by atoms with Gasteiger partial charge in [-0.2, -0.15) is 0 Å². The lowest BCUT2D eigenvalue weighted by atomic mass is 9.90. The third-order valence-electron chi connectivity index (χ3n) is 3.59. The average molecular weight is 278 g/mol. The molecular formula is C16H26N2O2. The average Bonchev–Trinajstić information content (AvgIpc) is 2.51. The minimum Gasteiger partial charge on any atom is -0.467 e. The number of rotatable bonds is 8. The zero-order valence-corrected chi connectivity index (χ0v) is 12.8. The standard InChI is InChI=1S/C16H26N2O2/c1-4-6-12-18(5-2)13-16(17,15(19)20-3)14-10-8-7-9-11-14/h7-11H,4-6,12-13,17H2,1-3H3. The summed E-state index contributed by atoms with van der Waals surface area (Å²) >= 11 is 0. The van der Waals surface area contributed by atoms with Crippen molar-refractivity contribution in [2.75, 3.05) is 26.7 Å². The van der Waals surface area contributed by atoms with Crippen LogP contribution in [0, 0.1) is 0 Å². The maximum absolute atomic E-state index is 12.2. The minimum absolute atomic E-state index is 0.390. The van der Waals surface area contributed by atoms with Gasteiger partial charge in [-0.15, -0.1) is 0 Å². The molecule has 0 aliphatic carbocycles. The number of ether oxygens (including phenoxy) is 1. The lowest BCUT2D eigenvalue weighted by Gasteiger charge is -2.33.